The molecule has 0 bridgehead atoms. The van der Waals surface area contributed by atoms with Gasteiger partial charge in [-0.3, -0.25) is 0 Å². The van der Waals surface area contributed by atoms with E-state index in [4.69, 9.17) is 4.89 Å². The Kier molecular flexibility index (Phi) is 6.27. The second-order valence-electron chi connectivity index (χ2n) is 3.70. The normalized spacial score (nSPS) is 13.0. The van der Waals surface area contributed by atoms with Crippen LogP contribution in [0.3, 0.4) is 0 Å². The SMILES string of the molecule is CCc1cccc(OC(F)(F)F)c1S(=O)(=O)OCO[P+](=O)O. The summed E-state index contributed by atoms with van der Waals surface area (Å²) >= 11 is 0. The highest BCUT2D eigenvalue weighted by Crippen LogP contribution is 2.33. The lowest BCUT2D eigenvalue weighted by Gasteiger charge is -2.15. The summed E-state index contributed by atoms with van der Waals surface area (Å²) in [7, 11) is -7.81. The zero-order valence-corrected chi connectivity index (χ0v) is 12.7. The van der Waals surface area contributed by atoms with Crippen LogP contribution in [0.15, 0.2) is 23.1 Å². The van der Waals surface area contributed by atoms with E-state index in [0.717, 1.165) is 6.07 Å². The Hall–Kier alpha value is -1.26. The van der Waals surface area contributed by atoms with Gasteiger partial charge in [-0.25, -0.2) is 4.18 Å². The molecule has 1 rings (SSSR count). The van der Waals surface area contributed by atoms with E-state index >= 15 is 0 Å². The minimum Gasteiger partial charge on any atom is -0.404 e. The summed E-state index contributed by atoms with van der Waals surface area (Å²) in [6.07, 6.45) is -5.01. The molecule has 0 spiro atoms. The van der Waals surface area contributed by atoms with Crippen LogP contribution in [0.1, 0.15) is 12.5 Å². The Balaban J connectivity index is 3.21. The zero-order valence-electron chi connectivity index (χ0n) is 11.0. The highest BCUT2D eigenvalue weighted by Gasteiger charge is 2.35. The van der Waals surface area contributed by atoms with Crippen LogP contribution in [0.2, 0.25) is 0 Å². The van der Waals surface area contributed by atoms with Gasteiger partial charge in [0.25, 0.3) is 0 Å². The first kappa shape index (κ1) is 18.8. The first-order valence-corrected chi connectivity index (χ1v) is 8.17. The molecule has 0 aliphatic rings. The summed E-state index contributed by atoms with van der Waals surface area (Å²) in [4.78, 5) is 7.55. The zero-order chi connectivity index (χ0) is 17.0. The van der Waals surface area contributed by atoms with Crippen LogP contribution in [-0.2, 0) is 29.8 Å². The van der Waals surface area contributed by atoms with Gasteiger partial charge in [0.15, 0.2) is 5.75 Å². The van der Waals surface area contributed by atoms with Gasteiger partial charge in [-0.05, 0) is 18.1 Å². The molecule has 0 fully saturated rings. The molecule has 0 saturated carbocycles. The summed E-state index contributed by atoms with van der Waals surface area (Å²) < 4.78 is 83.2. The monoisotopic (exact) mass is 363 g/mol. The third-order valence-electron chi connectivity index (χ3n) is 2.28. The van der Waals surface area contributed by atoms with Crippen LogP contribution < -0.4 is 4.74 Å². The Morgan fingerprint density at radius 3 is 2.45 bits per heavy atom. The van der Waals surface area contributed by atoms with E-state index in [2.05, 4.69) is 13.4 Å². The van der Waals surface area contributed by atoms with E-state index in [1.54, 1.807) is 0 Å². The summed E-state index contributed by atoms with van der Waals surface area (Å²) in [5.41, 5.74) is 0.0233. The third kappa shape index (κ3) is 5.50. The average Bonchev–Trinajstić information content (AvgIpc) is 2.35. The van der Waals surface area contributed by atoms with E-state index in [9.17, 15) is 26.2 Å². The van der Waals surface area contributed by atoms with Crippen LogP contribution in [-0.4, -0.2) is 26.5 Å². The van der Waals surface area contributed by atoms with Gasteiger partial charge in [-0.1, -0.05) is 23.6 Å². The van der Waals surface area contributed by atoms with Crippen molar-refractivity contribution < 1.29 is 44.5 Å². The molecule has 0 aromatic heterocycles. The molecule has 0 aliphatic heterocycles. The predicted molar refractivity (Wildman–Crippen MR) is 66.6 cm³/mol. The van der Waals surface area contributed by atoms with Gasteiger partial charge in [-0.15, -0.1) is 18.1 Å². The number of ether oxygens (including phenoxy) is 1. The summed E-state index contributed by atoms with van der Waals surface area (Å²) in [6, 6.07) is 3.29. The molecule has 0 saturated heterocycles. The topological polar surface area (TPSA) is 99.1 Å². The third-order valence-corrected chi connectivity index (χ3v) is 3.98. The van der Waals surface area contributed by atoms with Crippen molar-refractivity contribution in [2.24, 2.45) is 0 Å². The van der Waals surface area contributed by atoms with E-state index in [-0.39, 0.29) is 12.0 Å². The Labute approximate surface area is 124 Å². The van der Waals surface area contributed by atoms with Crippen molar-refractivity contribution in [3.63, 3.8) is 0 Å². The fourth-order valence-electron chi connectivity index (χ4n) is 1.52. The molecule has 0 aliphatic carbocycles. The average molecular weight is 363 g/mol. The van der Waals surface area contributed by atoms with Crippen molar-refractivity contribution in [2.75, 3.05) is 6.79 Å². The molecule has 124 valence electrons. The summed E-state index contributed by atoms with van der Waals surface area (Å²) in [5.74, 6) is -0.958. The molecule has 1 N–H and O–H groups in total. The molecule has 1 unspecified atom stereocenters. The lowest BCUT2D eigenvalue weighted by molar-refractivity contribution is -0.275. The van der Waals surface area contributed by atoms with Gasteiger partial charge < -0.3 is 4.74 Å². The minimum atomic E-state index is -5.10. The fourth-order valence-corrected chi connectivity index (χ4v) is 2.91. The predicted octanol–water partition coefficient (Wildman–Crippen LogP) is 2.48. The van der Waals surface area contributed by atoms with Crippen molar-refractivity contribution in [1.29, 1.82) is 0 Å². The maximum atomic E-state index is 12.3. The summed E-state index contributed by atoms with van der Waals surface area (Å²) in [6.45, 7) is 0.393. The number of hydrogen-bond acceptors (Lipinski definition) is 6. The van der Waals surface area contributed by atoms with Gasteiger partial charge in [0.05, 0.1) is 0 Å². The fraction of sp³-hybridized carbons (Fsp3) is 0.400. The maximum Gasteiger partial charge on any atom is 0.697 e. The van der Waals surface area contributed by atoms with Crippen molar-refractivity contribution in [2.45, 2.75) is 24.6 Å². The van der Waals surface area contributed by atoms with Crippen LogP contribution in [0.5, 0.6) is 5.75 Å². The second kappa shape index (κ2) is 7.34. The van der Waals surface area contributed by atoms with E-state index in [0.29, 0.717) is 0 Å². The highest BCUT2D eigenvalue weighted by molar-refractivity contribution is 7.87. The van der Waals surface area contributed by atoms with Crippen molar-refractivity contribution in [1.82, 2.24) is 0 Å². The van der Waals surface area contributed by atoms with Crippen LogP contribution in [0.4, 0.5) is 13.2 Å². The highest BCUT2D eigenvalue weighted by atomic mass is 32.2. The van der Waals surface area contributed by atoms with Crippen molar-refractivity contribution in [3.8, 4) is 5.75 Å². The molecule has 7 nitrogen and oxygen atoms in total. The number of benzene rings is 1. The molecular weight excluding hydrogens is 352 g/mol. The van der Waals surface area contributed by atoms with Gasteiger partial charge in [-0.2, -0.15) is 8.42 Å². The van der Waals surface area contributed by atoms with Gasteiger partial charge in [0, 0.05) is 4.57 Å². The van der Waals surface area contributed by atoms with E-state index in [1.165, 1.54) is 19.1 Å². The smallest absolute Gasteiger partial charge is 0.404 e. The molecular formula is C10H11F3O7PS+. The molecule has 1 aromatic carbocycles. The Morgan fingerprint density at radius 2 is 1.95 bits per heavy atom. The molecule has 22 heavy (non-hydrogen) atoms. The molecule has 1 aromatic rings. The van der Waals surface area contributed by atoms with E-state index in [1.807, 2.05) is 0 Å². The molecule has 0 heterocycles. The Morgan fingerprint density at radius 1 is 1.32 bits per heavy atom. The second-order valence-corrected chi connectivity index (χ2v) is 5.99. The minimum absolute atomic E-state index is 0.0233. The van der Waals surface area contributed by atoms with E-state index < -0.39 is 42.2 Å². The van der Waals surface area contributed by atoms with Gasteiger partial charge >= 0.3 is 24.7 Å². The number of alkyl halides is 3. The molecule has 0 amide bonds. The number of rotatable bonds is 7. The largest absolute Gasteiger partial charge is 0.697 e. The number of aryl methyl sites for hydroxylation is 1. The number of halogens is 3. The quantitative estimate of drug-likeness (QED) is 0.451. The standard InChI is InChI=1S/C10H10F3O7PS/c1-2-7-4-3-5-8(20-10(11,12)13)9(7)22(16,17)19-6-18-21(14)15/h3-5H,2,6H2,1H3/p+1. The molecule has 1 atom stereocenters. The molecule has 0 radical (unpaired) electrons. The van der Waals surface area contributed by atoms with Crippen molar-refractivity contribution >= 4 is 18.4 Å². The first-order valence-electron chi connectivity index (χ1n) is 5.63. The van der Waals surface area contributed by atoms with Crippen LogP contribution in [0.25, 0.3) is 0 Å². The van der Waals surface area contributed by atoms with Gasteiger partial charge in [0.2, 0.25) is 6.79 Å². The van der Waals surface area contributed by atoms with Crippen LogP contribution in [0, 0.1) is 0 Å². The first-order chi connectivity index (χ1) is 10.1. The molecule has 12 heteroatoms. The number of hydrogen-bond donors (Lipinski definition) is 1. The van der Waals surface area contributed by atoms with Gasteiger partial charge in [0.1, 0.15) is 4.90 Å². The lowest BCUT2D eigenvalue weighted by atomic mass is 10.1. The lowest BCUT2D eigenvalue weighted by Crippen LogP contribution is -2.20. The summed E-state index contributed by atoms with van der Waals surface area (Å²) in [5, 5.41) is 0. The van der Waals surface area contributed by atoms with Crippen LogP contribution >= 0.6 is 8.25 Å². The Bertz CT molecular complexity index is 644. The van der Waals surface area contributed by atoms with Crippen molar-refractivity contribution in [3.05, 3.63) is 23.8 Å². The maximum absolute atomic E-state index is 12.3.